The molecule has 0 fully saturated rings. The van der Waals surface area contributed by atoms with E-state index in [0.717, 1.165) is 11.3 Å². The van der Waals surface area contributed by atoms with Crippen molar-refractivity contribution in [1.29, 1.82) is 0 Å². The molecular formula is C25H24OS. The summed E-state index contributed by atoms with van der Waals surface area (Å²) in [7, 11) is -0.898. The third-order valence-electron chi connectivity index (χ3n) is 6.37. The zero-order valence-electron chi connectivity index (χ0n) is 15.7. The zero-order valence-corrected chi connectivity index (χ0v) is 16.5. The van der Waals surface area contributed by atoms with E-state index >= 15 is 0 Å². The Morgan fingerprint density at radius 3 is 2.41 bits per heavy atom. The molecule has 2 heteroatoms. The summed E-state index contributed by atoms with van der Waals surface area (Å²) in [6.45, 7) is 0. The number of rotatable bonds is 2. The van der Waals surface area contributed by atoms with Crippen LogP contribution in [0.25, 0.3) is 11.1 Å². The highest BCUT2D eigenvalue weighted by molar-refractivity contribution is 7.84. The fraction of sp³-hybridized carbons (Fsp3) is 0.280. The van der Waals surface area contributed by atoms with Crippen molar-refractivity contribution in [3.63, 3.8) is 0 Å². The number of aryl methyl sites for hydroxylation is 1. The molecular weight excluding hydrogens is 348 g/mol. The van der Waals surface area contributed by atoms with Crippen molar-refractivity contribution in [1.82, 2.24) is 0 Å². The third-order valence-corrected chi connectivity index (χ3v) is 7.31. The standard InChI is InChI=1S/C25H24OS/c1-27(26)21-11-6-17(7-12-21)19-9-13-23-20(16-19)10-15-24-22-5-3-2-4-18(22)8-14-25(23)24/h2-7,10-12,15,19H,8-9,13-14,16H2,1H3. The predicted octanol–water partition coefficient (Wildman–Crippen LogP) is 5.46. The molecule has 27 heavy (non-hydrogen) atoms. The third kappa shape index (κ3) is 2.96. The van der Waals surface area contributed by atoms with Gasteiger partial charge >= 0.3 is 0 Å². The van der Waals surface area contributed by atoms with Crippen LogP contribution < -0.4 is 0 Å². The molecule has 0 spiro atoms. The van der Waals surface area contributed by atoms with Crippen LogP contribution >= 0.6 is 0 Å². The molecule has 3 aromatic rings. The highest BCUT2D eigenvalue weighted by Gasteiger charge is 2.26. The fourth-order valence-corrected chi connectivity index (χ4v) is 5.46. The van der Waals surface area contributed by atoms with E-state index in [0.29, 0.717) is 5.92 Å². The summed E-state index contributed by atoms with van der Waals surface area (Å²) >= 11 is 0. The summed E-state index contributed by atoms with van der Waals surface area (Å²) in [4.78, 5) is 0.919. The molecule has 1 nitrogen and oxygen atoms in total. The lowest BCUT2D eigenvalue weighted by atomic mass is 9.74. The van der Waals surface area contributed by atoms with Gasteiger partial charge in [-0.3, -0.25) is 4.21 Å². The maximum Gasteiger partial charge on any atom is 0.0498 e. The van der Waals surface area contributed by atoms with Crippen LogP contribution in [0.1, 0.15) is 40.2 Å². The molecule has 0 bridgehead atoms. The lowest BCUT2D eigenvalue weighted by Gasteiger charge is -2.30. The largest absolute Gasteiger partial charge is 0.255 e. The lowest BCUT2D eigenvalue weighted by molar-refractivity contribution is 0.580. The Labute approximate surface area is 163 Å². The molecule has 2 aliphatic carbocycles. The highest BCUT2D eigenvalue weighted by Crippen LogP contribution is 2.41. The van der Waals surface area contributed by atoms with Crippen molar-refractivity contribution in [3.8, 4) is 11.1 Å². The first-order valence-electron chi connectivity index (χ1n) is 9.86. The summed E-state index contributed by atoms with van der Waals surface area (Å²) < 4.78 is 11.6. The fourth-order valence-electron chi connectivity index (χ4n) is 4.95. The second-order valence-electron chi connectivity index (χ2n) is 7.85. The molecule has 3 aromatic carbocycles. The normalized spacial score (nSPS) is 18.9. The van der Waals surface area contributed by atoms with Gasteiger partial charge in [0.05, 0.1) is 0 Å². The van der Waals surface area contributed by atoms with E-state index in [4.69, 9.17) is 0 Å². The molecule has 2 atom stereocenters. The maximum absolute atomic E-state index is 11.6. The van der Waals surface area contributed by atoms with Crippen LogP contribution in [-0.2, 0) is 36.5 Å². The number of benzene rings is 3. The molecule has 0 aromatic heterocycles. The quantitative estimate of drug-likeness (QED) is 0.583. The van der Waals surface area contributed by atoms with Crippen LogP contribution in [0.3, 0.4) is 0 Å². The average molecular weight is 373 g/mol. The second-order valence-corrected chi connectivity index (χ2v) is 9.23. The Bertz CT molecular complexity index is 1030. The highest BCUT2D eigenvalue weighted by atomic mass is 32.2. The van der Waals surface area contributed by atoms with Crippen LogP contribution in [0.2, 0.25) is 0 Å². The SMILES string of the molecule is CS(=O)c1ccc(C2CCc3c(ccc4c3CCc3ccccc3-4)C2)cc1. The molecule has 0 saturated heterocycles. The Morgan fingerprint density at radius 2 is 1.59 bits per heavy atom. The number of fused-ring (bicyclic) bond motifs is 5. The molecule has 0 N–H and O–H groups in total. The summed E-state index contributed by atoms with van der Waals surface area (Å²) in [5.41, 5.74) is 10.5. The van der Waals surface area contributed by atoms with Gasteiger partial charge in [0, 0.05) is 22.0 Å². The molecule has 0 amide bonds. The van der Waals surface area contributed by atoms with Crippen molar-refractivity contribution in [2.45, 2.75) is 42.9 Å². The Kier molecular flexibility index (Phi) is 4.24. The minimum Gasteiger partial charge on any atom is -0.255 e. The van der Waals surface area contributed by atoms with E-state index in [9.17, 15) is 4.21 Å². The average Bonchev–Trinajstić information content (AvgIpc) is 2.73. The monoisotopic (exact) mass is 372 g/mol. The Balaban J connectivity index is 1.47. The molecule has 0 saturated carbocycles. The van der Waals surface area contributed by atoms with E-state index < -0.39 is 10.8 Å². The van der Waals surface area contributed by atoms with E-state index in [1.54, 1.807) is 17.4 Å². The van der Waals surface area contributed by atoms with E-state index in [1.807, 2.05) is 12.1 Å². The maximum atomic E-state index is 11.6. The molecule has 2 aliphatic rings. The van der Waals surface area contributed by atoms with Crippen LogP contribution in [0.15, 0.2) is 65.6 Å². The zero-order chi connectivity index (χ0) is 18.4. The molecule has 0 radical (unpaired) electrons. The second kappa shape index (κ2) is 6.76. The van der Waals surface area contributed by atoms with Gasteiger partial charge in [0.1, 0.15) is 0 Å². The first-order chi connectivity index (χ1) is 13.2. The van der Waals surface area contributed by atoms with Gasteiger partial charge in [-0.05, 0) is 89.1 Å². The van der Waals surface area contributed by atoms with Gasteiger partial charge in [0.25, 0.3) is 0 Å². The van der Waals surface area contributed by atoms with Crippen molar-refractivity contribution < 1.29 is 4.21 Å². The predicted molar refractivity (Wildman–Crippen MR) is 113 cm³/mol. The van der Waals surface area contributed by atoms with E-state index in [2.05, 4.69) is 48.5 Å². The minimum absolute atomic E-state index is 0.575. The molecule has 2 unspecified atom stereocenters. The van der Waals surface area contributed by atoms with Gasteiger partial charge < -0.3 is 0 Å². The van der Waals surface area contributed by atoms with Crippen molar-refractivity contribution in [2.24, 2.45) is 0 Å². The minimum atomic E-state index is -0.898. The van der Waals surface area contributed by atoms with Gasteiger partial charge in [-0.2, -0.15) is 0 Å². The smallest absolute Gasteiger partial charge is 0.0498 e. The summed E-state index contributed by atoms with van der Waals surface area (Å²) in [6.07, 6.45) is 7.59. The van der Waals surface area contributed by atoms with Crippen molar-refractivity contribution in [3.05, 3.63) is 88.5 Å². The van der Waals surface area contributed by atoms with Crippen LogP contribution in [0.4, 0.5) is 0 Å². The first-order valence-corrected chi connectivity index (χ1v) is 11.4. The van der Waals surface area contributed by atoms with Crippen LogP contribution in [0.5, 0.6) is 0 Å². The molecule has 0 aliphatic heterocycles. The van der Waals surface area contributed by atoms with Gasteiger partial charge in [-0.15, -0.1) is 0 Å². The number of hydrogen-bond acceptors (Lipinski definition) is 1. The summed E-state index contributed by atoms with van der Waals surface area (Å²) in [5, 5.41) is 0. The van der Waals surface area contributed by atoms with Gasteiger partial charge in [-0.1, -0.05) is 48.5 Å². The first kappa shape index (κ1) is 16.9. The Hall–Kier alpha value is -2.19. The summed E-state index contributed by atoms with van der Waals surface area (Å²) in [6, 6.07) is 22.0. The van der Waals surface area contributed by atoms with E-state index in [-0.39, 0.29) is 0 Å². The molecule has 0 heterocycles. The van der Waals surface area contributed by atoms with Crippen LogP contribution in [0, 0.1) is 0 Å². The van der Waals surface area contributed by atoms with Gasteiger partial charge in [-0.25, -0.2) is 0 Å². The van der Waals surface area contributed by atoms with Crippen molar-refractivity contribution in [2.75, 3.05) is 6.26 Å². The molecule has 136 valence electrons. The molecule has 5 rings (SSSR count). The lowest BCUT2D eigenvalue weighted by Crippen LogP contribution is -2.17. The number of hydrogen-bond donors (Lipinski definition) is 0. The summed E-state index contributed by atoms with van der Waals surface area (Å²) in [5.74, 6) is 0.575. The van der Waals surface area contributed by atoms with Gasteiger partial charge in [0.15, 0.2) is 0 Å². The van der Waals surface area contributed by atoms with Gasteiger partial charge in [0.2, 0.25) is 0 Å². The van der Waals surface area contributed by atoms with Crippen molar-refractivity contribution >= 4 is 10.8 Å². The Morgan fingerprint density at radius 1 is 0.778 bits per heavy atom. The van der Waals surface area contributed by atoms with Crippen LogP contribution in [-0.4, -0.2) is 10.5 Å². The van der Waals surface area contributed by atoms with E-state index in [1.165, 1.54) is 53.5 Å². The topological polar surface area (TPSA) is 17.1 Å².